The molecule has 0 radical (unpaired) electrons. The molecule has 0 aliphatic rings. The summed E-state index contributed by atoms with van der Waals surface area (Å²) in [5.74, 6) is 0.0702. The highest BCUT2D eigenvalue weighted by molar-refractivity contribution is 7.99. The van der Waals surface area contributed by atoms with Gasteiger partial charge in [0.15, 0.2) is 0 Å². The summed E-state index contributed by atoms with van der Waals surface area (Å²) in [6.07, 6.45) is 0. The molecule has 0 heterocycles. The molecule has 3 aromatic rings. The fourth-order valence-electron chi connectivity index (χ4n) is 2.47. The lowest BCUT2D eigenvalue weighted by Crippen LogP contribution is -2.02. The van der Waals surface area contributed by atoms with Crippen molar-refractivity contribution < 1.29 is 10.2 Å². The van der Waals surface area contributed by atoms with Gasteiger partial charge >= 0.3 is 0 Å². The minimum Gasteiger partial charge on any atom is -0.508 e. The number of benzene rings is 3. The lowest BCUT2D eigenvalue weighted by atomic mass is 10.1. The number of aromatic hydroxyl groups is 1. The van der Waals surface area contributed by atoms with E-state index in [9.17, 15) is 5.11 Å². The van der Waals surface area contributed by atoms with E-state index < -0.39 is 0 Å². The predicted molar refractivity (Wildman–Crippen MR) is 108 cm³/mol. The van der Waals surface area contributed by atoms with Crippen LogP contribution in [0.3, 0.4) is 0 Å². The highest BCUT2D eigenvalue weighted by Crippen LogP contribution is 2.33. The minimum absolute atomic E-state index is 0.0702. The van der Waals surface area contributed by atoms with E-state index in [1.807, 2.05) is 48.5 Å². The average molecular weight is 387 g/mol. The summed E-state index contributed by atoms with van der Waals surface area (Å²) in [4.78, 5) is 2.18. The van der Waals surface area contributed by atoms with E-state index >= 15 is 0 Å². The first kappa shape index (κ1) is 18.5. The minimum atomic E-state index is -0.191. The van der Waals surface area contributed by atoms with Gasteiger partial charge in [0.05, 0.1) is 6.61 Å². The number of hydrogen-bond donors (Lipinski definition) is 4. The van der Waals surface area contributed by atoms with E-state index in [4.69, 9.17) is 22.4 Å². The molecule has 0 unspecified atom stereocenters. The molecule has 5 N–H and O–H groups in total. The Bertz CT molecular complexity index is 901. The standard InChI is InChI=1S/C20H19ClN2O2S/c21-15-2-6-18(7-3-15)26-20-8-4-16(22)9-14(20)11-23-17-5-1-13(12-24)19(25)10-17/h1-10,23-25H,11-12,22H2. The Morgan fingerprint density at radius 1 is 0.962 bits per heavy atom. The molecular weight excluding hydrogens is 368 g/mol. The first-order valence-electron chi connectivity index (χ1n) is 8.03. The molecule has 0 spiro atoms. The Morgan fingerprint density at radius 3 is 2.42 bits per heavy atom. The van der Waals surface area contributed by atoms with Gasteiger partial charge in [-0.3, -0.25) is 0 Å². The molecule has 0 aromatic heterocycles. The van der Waals surface area contributed by atoms with Gasteiger partial charge in [0.1, 0.15) is 5.75 Å². The number of nitrogens with one attached hydrogen (secondary N) is 1. The zero-order valence-electron chi connectivity index (χ0n) is 13.9. The van der Waals surface area contributed by atoms with E-state index in [-0.39, 0.29) is 12.4 Å². The highest BCUT2D eigenvalue weighted by atomic mass is 35.5. The van der Waals surface area contributed by atoms with Crippen molar-refractivity contribution in [3.05, 3.63) is 76.8 Å². The summed E-state index contributed by atoms with van der Waals surface area (Å²) in [5.41, 5.74) is 8.96. The fourth-order valence-corrected chi connectivity index (χ4v) is 3.52. The predicted octanol–water partition coefficient (Wildman–Crippen LogP) is 4.88. The molecule has 0 amide bonds. The molecule has 0 aliphatic carbocycles. The Balaban J connectivity index is 1.77. The molecule has 0 fully saturated rings. The van der Waals surface area contributed by atoms with Gasteiger partial charge < -0.3 is 21.3 Å². The number of hydrogen-bond acceptors (Lipinski definition) is 5. The van der Waals surface area contributed by atoms with Crippen molar-refractivity contribution >= 4 is 34.7 Å². The molecule has 0 bridgehead atoms. The third-order valence-corrected chi connectivity index (χ3v) is 5.24. The molecule has 26 heavy (non-hydrogen) atoms. The summed E-state index contributed by atoms with van der Waals surface area (Å²) in [5, 5.41) is 23.0. The van der Waals surface area contributed by atoms with Crippen LogP contribution in [0.15, 0.2) is 70.5 Å². The number of aliphatic hydroxyl groups is 1. The van der Waals surface area contributed by atoms with Crippen LogP contribution < -0.4 is 11.1 Å². The summed E-state index contributed by atoms with van der Waals surface area (Å²) >= 11 is 7.59. The van der Waals surface area contributed by atoms with Crippen LogP contribution in [0.4, 0.5) is 11.4 Å². The zero-order valence-corrected chi connectivity index (χ0v) is 15.5. The molecule has 3 rings (SSSR count). The van der Waals surface area contributed by atoms with Crippen molar-refractivity contribution in [2.75, 3.05) is 11.1 Å². The molecule has 3 aromatic carbocycles. The van der Waals surface area contributed by atoms with Crippen molar-refractivity contribution in [3.63, 3.8) is 0 Å². The second-order valence-corrected chi connectivity index (χ2v) is 7.33. The van der Waals surface area contributed by atoms with E-state index in [0.29, 0.717) is 22.8 Å². The van der Waals surface area contributed by atoms with Crippen molar-refractivity contribution in [1.82, 2.24) is 0 Å². The monoisotopic (exact) mass is 386 g/mol. The van der Waals surface area contributed by atoms with Crippen LogP contribution in [0.25, 0.3) is 0 Å². The van der Waals surface area contributed by atoms with Gasteiger partial charge in [0, 0.05) is 44.4 Å². The van der Waals surface area contributed by atoms with Gasteiger partial charge in [-0.05, 0) is 54.1 Å². The second-order valence-electron chi connectivity index (χ2n) is 5.78. The molecule has 6 heteroatoms. The maximum Gasteiger partial charge on any atom is 0.123 e. The van der Waals surface area contributed by atoms with E-state index in [0.717, 1.165) is 21.0 Å². The number of aliphatic hydroxyl groups excluding tert-OH is 1. The number of anilines is 2. The van der Waals surface area contributed by atoms with E-state index in [2.05, 4.69) is 5.32 Å². The topological polar surface area (TPSA) is 78.5 Å². The van der Waals surface area contributed by atoms with Crippen molar-refractivity contribution in [2.45, 2.75) is 22.9 Å². The molecule has 0 aliphatic heterocycles. The molecule has 134 valence electrons. The smallest absolute Gasteiger partial charge is 0.123 e. The van der Waals surface area contributed by atoms with Gasteiger partial charge in [-0.25, -0.2) is 0 Å². The Kier molecular flexibility index (Phi) is 5.93. The summed E-state index contributed by atoms with van der Waals surface area (Å²) < 4.78 is 0. The van der Waals surface area contributed by atoms with Crippen LogP contribution >= 0.6 is 23.4 Å². The molecular formula is C20H19ClN2O2S. The quantitative estimate of drug-likeness (QED) is 0.454. The normalized spacial score (nSPS) is 10.7. The number of halogens is 1. The Morgan fingerprint density at radius 2 is 1.73 bits per heavy atom. The van der Waals surface area contributed by atoms with Crippen LogP contribution in [0.2, 0.25) is 5.02 Å². The third kappa shape index (κ3) is 4.64. The van der Waals surface area contributed by atoms with Crippen LogP contribution in [-0.4, -0.2) is 10.2 Å². The van der Waals surface area contributed by atoms with Crippen LogP contribution in [0.5, 0.6) is 5.75 Å². The number of rotatable bonds is 6. The Labute approximate surface area is 161 Å². The summed E-state index contributed by atoms with van der Waals surface area (Å²) in [6.45, 7) is 0.363. The highest BCUT2D eigenvalue weighted by Gasteiger charge is 2.07. The van der Waals surface area contributed by atoms with Crippen molar-refractivity contribution in [2.24, 2.45) is 0 Å². The Hall–Kier alpha value is -2.34. The fraction of sp³-hybridized carbons (Fsp3) is 0.100. The van der Waals surface area contributed by atoms with Gasteiger partial charge in [0.25, 0.3) is 0 Å². The molecule has 0 atom stereocenters. The van der Waals surface area contributed by atoms with Gasteiger partial charge in [-0.2, -0.15) is 0 Å². The van der Waals surface area contributed by atoms with Crippen LogP contribution in [0, 0.1) is 0 Å². The third-order valence-electron chi connectivity index (χ3n) is 3.86. The molecule has 0 saturated heterocycles. The maximum absolute atomic E-state index is 9.87. The number of nitrogens with two attached hydrogens (primary N) is 1. The molecule has 4 nitrogen and oxygen atoms in total. The van der Waals surface area contributed by atoms with Gasteiger partial charge in [-0.15, -0.1) is 0 Å². The van der Waals surface area contributed by atoms with E-state index in [1.54, 1.807) is 23.9 Å². The largest absolute Gasteiger partial charge is 0.508 e. The van der Waals surface area contributed by atoms with Crippen LogP contribution in [0.1, 0.15) is 11.1 Å². The maximum atomic E-state index is 9.87. The summed E-state index contributed by atoms with van der Waals surface area (Å²) in [7, 11) is 0. The first-order chi connectivity index (χ1) is 12.5. The second kappa shape index (κ2) is 8.36. The number of phenols is 1. The lowest BCUT2D eigenvalue weighted by Gasteiger charge is -2.13. The number of nitrogen functional groups attached to an aromatic ring is 1. The van der Waals surface area contributed by atoms with Crippen LogP contribution in [-0.2, 0) is 13.2 Å². The first-order valence-corrected chi connectivity index (χ1v) is 9.23. The lowest BCUT2D eigenvalue weighted by molar-refractivity contribution is 0.275. The van der Waals surface area contributed by atoms with Gasteiger partial charge in [-0.1, -0.05) is 29.4 Å². The van der Waals surface area contributed by atoms with Crippen molar-refractivity contribution in [1.29, 1.82) is 0 Å². The van der Waals surface area contributed by atoms with E-state index in [1.165, 1.54) is 0 Å². The van der Waals surface area contributed by atoms with Crippen molar-refractivity contribution in [3.8, 4) is 5.75 Å². The summed E-state index contributed by atoms with van der Waals surface area (Å²) in [6, 6.07) is 18.6. The molecule has 0 saturated carbocycles. The van der Waals surface area contributed by atoms with Gasteiger partial charge in [0.2, 0.25) is 0 Å². The average Bonchev–Trinajstić information content (AvgIpc) is 2.64. The SMILES string of the molecule is Nc1ccc(Sc2ccc(Cl)cc2)c(CNc2ccc(CO)c(O)c2)c1. The zero-order chi connectivity index (χ0) is 18.5.